The van der Waals surface area contributed by atoms with Crippen LogP contribution in [0.4, 0.5) is 0 Å². The summed E-state index contributed by atoms with van der Waals surface area (Å²) in [5.41, 5.74) is 6.17. The lowest BCUT2D eigenvalue weighted by molar-refractivity contribution is -0.126. The Balaban J connectivity index is 1.83. The zero-order valence-corrected chi connectivity index (χ0v) is 13.3. The lowest BCUT2D eigenvalue weighted by Crippen LogP contribution is -2.48. The summed E-state index contributed by atoms with van der Waals surface area (Å²) in [6.45, 7) is 5.48. The van der Waals surface area contributed by atoms with Crippen molar-refractivity contribution < 1.29 is 9.59 Å². The monoisotopic (exact) mass is 303 g/mol. The molecule has 0 spiro atoms. The summed E-state index contributed by atoms with van der Waals surface area (Å²) in [7, 11) is 0. The number of benzene rings is 1. The Hall–Kier alpha value is -1.88. The van der Waals surface area contributed by atoms with Gasteiger partial charge in [0.2, 0.25) is 5.91 Å². The van der Waals surface area contributed by atoms with Crippen LogP contribution in [0.1, 0.15) is 37.0 Å². The van der Waals surface area contributed by atoms with Gasteiger partial charge in [0.05, 0.1) is 0 Å². The molecule has 0 atom stereocenters. The van der Waals surface area contributed by atoms with Crippen LogP contribution in [0.3, 0.4) is 0 Å². The average Bonchev–Trinajstić information content (AvgIpc) is 2.52. The van der Waals surface area contributed by atoms with Crippen LogP contribution in [-0.2, 0) is 4.79 Å². The molecule has 1 aliphatic heterocycles. The number of nitrogens with one attached hydrogen (secondary N) is 1. The van der Waals surface area contributed by atoms with Gasteiger partial charge >= 0.3 is 0 Å². The van der Waals surface area contributed by atoms with E-state index in [1.54, 1.807) is 0 Å². The predicted octanol–water partition coefficient (Wildman–Crippen LogP) is 1.39. The Kier molecular flexibility index (Phi) is 5.19. The molecular formula is C17H25N3O2. The molecule has 0 unspecified atom stereocenters. The van der Waals surface area contributed by atoms with E-state index in [9.17, 15) is 9.59 Å². The third-order valence-corrected chi connectivity index (χ3v) is 3.89. The average molecular weight is 303 g/mol. The molecule has 0 aromatic heterocycles. The molecule has 0 bridgehead atoms. The van der Waals surface area contributed by atoms with E-state index in [-0.39, 0.29) is 17.7 Å². The summed E-state index contributed by atoms with van der Waals surface area (Å²) in [4.78, 5) is 26.3. The van der Waals surface area contributed by atoms with Crippen LogP contribution in [-0.4, -0.2) is 41.9 Å². The minimum absolute atomic E-state index is 0.0258. The molecule has 1 fully saturated rings. The molecule has 22 heavy (non-hydrogen) atoms. The highest BCUT2D eigenvalue weighted by molar-refractivity contribution is 5.94. The highest BCUT2D eigenvalue weighted by Gasteiger charge is 2.28. The molecule has 2 amide bonds. The Morgan fingerprint density at radius 3 is 2.36 bits per heavy atom. The highest BCUT2D eigenvalue weighted by Crippen LogP contribution is 2.19. The molecule has 3 N–H and O–H groups in total. The lowest BCUT2D eigenvalue weighted by atomic mass is 9.95. The molecule has 5 heteroatoms. The van der Waals surface area contributed by atoms with Crippen LogP contribution in [0.15, 0.2) is 30.3 Å². The first kappa shape index (κ1) is 16.5. The number of hydrogen-bond donors (Lipinski definition) is 2. The van der Waals surface area contributed by atoms with Crippen molar-refractivity contribution in [2.24, 2.45) is 11.7 Å². The van der Waals surface area contributed by atoms with Crippen LogP contribution >= 0.6 is 0 Å². The molecule has 1 saturated heterocycles. The Labute approximate surface area is 131 Å². The second-order valence-corrected chi connectivity index (χ2v) is 6.64. The molecule has 1 heterocycles. The third-order valence-electron chi connectivity index (χ3n) is 3.89. The quantitative estimate of drug-likeness (QED) is 0.882. The van der Waals surface area contributed by atoms with Crippen molar-refractivity contribution in [1.82, 2.24) is 10.2 Å². The summed E-state index contributed by atoms with van der Waals surface area (Å²) in [5, 5.41) is 2.90. The number of rotatable bonds is 4. The van der Waals surface area contributed by atoms with E-state index >= 15 is 0 Å². The Bertz CT molecular complexity index is 514. The zero-order chi connectivity index (χ0) is 16.2. The number of nitrogens with two attached hydrogens (primary N) is 1. The smallest absolute Gasteiger partial charge is 0.253 e. The predicted molar refractivity (Wildman–Crippen MR) is 86.3 cm³/mol. The number of hydrogen-bond acceptors (Lipinski definition) is 3. The molecule has 1 aliphatic rings. The van der Waals surface area contributed by atoms with Crippen LogP contribution in [0.25, 0.3) is 0 Å². The van der Waals surface area contributed by atoms with Crippen LogP contribution in [0, 0.1) is 5.92 Å². The van der Waals surface area contributed by atoms with E-state index < -0.39 is 5.54 Å². The number of piperidine rings is 1. The molecule has 0 aliphatic carbocycles. The minimum atomic E-state index is -0.403. The molecular weight excluding hydrogens is 278 g/mol. The highest BCUT2D eigenvalue weighted by atomic mass is 16.2. The minimum Gasteiger partial charge on any atom is -0.354 e. The van der Waals surface area contributed by atoms with E-state index in [0.29, 0.717) is 38.0 Å². The molecule has 5 nitrogen and oxygen atoms in total. The van der Waals surface area contributed by atoms with Gasteiger partial charge in [0.15, 0.2) is 0 Å². The van der Waals surface area contributed by atoms with Gasteiger partial charge in [-0.25, -0.2) is 0 Å². The van der Waals surface area contributed by atoms with Crippen molar-refractivity contribution in [3.05, 3.63) is 35.9 Å². The summed E-state index contributed by atoms with van der Waals surface area (Å²) in [6.07, 6.45) is 1.41. The van der Waals surface area contributed by atoms with Gasteiger partial charge in [-0.15, -0.1) is 0 Å². The van der Waals surface area contributed by atoms with Crippen molar-refractivity contribution in [1.29, 1.82) is 0 Å². The number of likely N-dealkylation sites (tertiary alicyclic amines) is 1. The molecule has 1 aromatic rings. The molecule has 0 radical (unpaired) electrons. The largest absolute Gasteiger partial charge is 0.354 e. The summed E-state index contributed by atoms with van der Waals surface area (Å²) in [5.74, 6) is 0.0649. The first-order valence-electron chi connectivity index (χ1n) is 7.78. The maximum absolute atomic E-state index is 12.3. The van der Waals surface area contributed by atoms with Gasteiger partial charge < -0.3 is 16.0 Å². The van der Waals surface area contributed by atoms with Crippen LogP contribution in [0.5, 0.6) is 0 Å². The first-order valence-corrected chi connectivity index (χ1v) is 7.78. The van der Waals surface area contributed by atoms with Gasteiger partial charge in [-0.05, 0) is 38.8 Å². The number of nitrogens with zero attached hydrogens (tertiary/aromatic N) is 1. The second-order valence-electron chi connectivity index (χ2n) is 6.64. The third kappa shape index (κ3) is 4.56. The van der Waals surface area contributed by atoms with Gasteiger partial charge in [0.1, 0.15) is 0 Å². The number of carbonyl (C=O) groups is 2. The van der Waals surface area contributed by atoms with Gasteiger partial charge in [0, 0.05) is 36.7 Å². The fraction of sp³-hybridized carbons (Fsp3) is 0.529. The van der Waals surface area contributed by atoms with E-state index in [1.807, 2.05) is 49.1 Å². The van der Waals surface area contributed by atoms with Crippen molar-refractivity contribution in [2.45, 2.75) is 32.2 Å². The first-order chi connectivity index (χ1) is 10.4. The van der Waals surface area contributed by atoms with Crippen molar-refractivity contribution in [2.75, 3.05) is 19.6 Å². The van der Waals surface area contributed by atoms with E-state index in [2.05, 4.69) is 5.32 Å². The maximum Gasteiger partial charge on any atom is 0.253 e. The summed E-state index contributed by atoms with van der Waals surface area (Å²) >= 11 is 0. The molecule has 120 valence electrons. The van der Waals surface area contributed by atoms with Gasteiger partial charge in [-0.1, -0.05) is 18.2 Å². The van der Waals surface area contributed by atoms with Crippen molar-refractivity contribution in [3.63, 3.8) is 0 Å². The molecule has 1 aromatic carbocycles. The SMILES string of the molecule is CC(C)(N)CNC(=O)C1CCN(C(=O)c2ccccc2)CC1. The Morgan fingerprint density at radius 1 is 1.23 bits per heavy atom. The number of amides is 2. The maximum atomic E-state index is 12.3. The van der Waals surface area contributed by atoms with Crippen molar-refractivity contribution >= 4 is 11.8 Å². The summed E-state index contributed by atoms with van der Waals surface area (Å²) < 4.78 is 0. The fourth-order valence-electron chi connectivity index (χ4n) is 2.57. The normalized spacial score (nSPS) is 16.4. The fourth-order valence-corrected chi connectivity index (χ4v) is 2.57. The van der Waals surface area contributed by atoms with Crippen LogP contribution < -0.4 is 11.1 Å². The molecule has 0 saturated carbocycles. The zero-order valence-electron chi connectivity index (χ0n) is 13.3. The second kappa shape index (κ2) is 6.92. The van der Waals surface area contributed by atoms with Gasteiger partial charge in [-0.3, -0.25) is 9.59 Å². The van der Waals surface area contributed by atoms with E-state index in [1.165, 1.54) is 0 Å². The standard InChI is InChI=1S/C17H25N3O2/c1-17(2,18)12-19-15(21)13-8-10-20(11-9-13)16(22)14-6-4-3-5-7-14/h3-7,13H,8-12,18H2,1-2H3,(H,19,21). The number of carbonyl (C=O) groups excluding carboxylic acids is 2. The molecule has 2 rings (SSSR count). The lowest BCUT2D eigenvalue weighted by Gasteiger charge is -2.32. The van der Waals surface area contributed by atoms with Crippen LogP contribution in [0.2, 0.25) is 0 Å². The van der Waals surface area contributed by atoms with Gasteiger partial charge in [-0.2, -0.15) is 0 Å². The van der Waals surface area contributed by atoms with Crippen molar-refractivity contribution in [3.8, 4) is 0 Å². The van der Waals surface area contributed by atoms with E-state index in [0.717, 1.165) is 0 Å². The van der Waals surface area contributed by atoms with E-state index in [4.69, 9.17) is 5.73 Å². The van der Waals surface area contributed by atoms with Gasteiger partial charge in [0.25, 0.3) is 5.91 Å². The Morgan fingerprint density at radius 2 is 1.82 bits per heavy atom. The summed E-state index contributed by atoms with van der Waals surface area (Å²) in [6, 6.07) is 9.27. The topological polar surface area (TPSA) is 75.4 Å².